The first-order chi connectivity index (χ1) is 13.2. The van der Waals surface area contributed by atoms with Crippen molar-refractivity contribution in [3.8, 4) is 0 Å². The van der Waals surface area contributed by atoms with E-state index in [9.17, 15) is 4.79 Å². The van der Waals surface area contributed by atoms with Crippen molar-refractivity contribution in [2.24, 2.45) is 0 Å². The maximum Gasteiger partial charge on any atom is 0.337 e. The Morgan fingerprint density at radius 3 is 2.48 bits per heavy atom. The van der Waals surface area contributed by atoms with E-state index in [0.717, 1.165) is 18.8 Å². The largest absolute Gasteiger partial charge is 0.465 e. The normalized spacial score (nSPS) is 10.3. The van der Waals surface area contributed by atoms with Crippen molar-refractivity contribution in [1.82, 2.24) is 9.97 Å². The molecule has 138 valence electrons. The van der Waals surface area contributed by atoms with Crippen LogP contribution in [0.3, 0.4) is 0 Å². The van der Waals surface area contributed by atoms with Crippen molar-refractivity contribution in [3.63, 3.8) is 0 Å². The number of nitrogens with one attached hydrogen (secondary N) is 1. The van der Waals surface area contributed by atoms with Crippen LogP contribution in [0.2, 0.25) is 0 Å². The Morgan fingerprint density at radius 2 is 1.81 bits per heavy atom. The lowest BCUT2D eigenvalue weighted by Crippen LogP contribution is -2.24. The van der Waals surface area contributed by atoms with Crippen molar-refractivity contribution in [2.45, 2.75) is 13.5 Å². The summed E-state index contributed by atoms with van der Waals surface area (Å²) in [6.07, 6.45) is 1.74. The summed E-state index contributed by atoms with van der Waals surface area (Å²) in [6, 6.07) is 19.1. The molecule has 0 aliphatic heterocycles. The molecular formula is C21H22N4O2. The smallest absolute Gasteiger partial charge is 0.337 e. The Balaban J connectivity index is 1.73. The monoisotopic (exact) mass is 362 g/mol. The first kappa shape index (κ1) is 18.4. The van der Waals surface area contributed by atoms with Crippen LogP contribution in [0.1, 0.15) is 22.8 Å². The summed E-state index contributed by atoms with van der Waals surface area (Å²) in [7, 11) is 1.37. The lowest BCUT2D eigenvalue weighted by atomic mass is 10.2. The van der Waals surface area contributed by atoms with Crippen LogP contribution >= 0.6 is 0 Å². The maximum absolute atomic E-state index is 11.5. The minimum atomic E-state index is -0.356. The van der Waals surface area contributed by atoms with Crippen LogP contribution in [-0.2, 0) is 11.3 Å². The third kappa shape index (κ3) is 4.82. The summed E-state index contributed by atoms with van der Waals surface area (Å²) in [5.41, 5.74) is 2.55. The number of aromatic nitrogens is 2. The van der Waals surface area contributed by atoms with Gasteiger partial charge in [-0.3, -0.25) is 0 Å². The summed E-state index contributed by atoms with van der Waals surface area (Å²) in [6.45, 7) is 3.62. The van der Waals surface area contributed by atoms with Crippen LogP contribution in [0.25, 0.3) is 0 Å². The first-order valence-electron chi connectivity index (χ1n) is 8.77. The average molecular weight is 362 g/mol. The van der Waals surface area contributed by atoms with Gasteiger partial charge in [-0.2, -0.15) is 4.98 Å². The number of anilines is 3. The standard InChI is InChI=1S/C21H22N4O2/c1-3-25(15-16-7-5-4-6-8-16)21-22-14-13-19(24-21)23-18-11-9-17(10-12-18)20(26)27-2/h4-14H,3,15H2,1-2H3,(H,22,23,24). The second-order valence-corrected chi connectivity index (χ2v) is 5.94. The molecule has 0 bridgehead atoms. The van der Waals surface area contributed by atoms with Gasteiger partial charge in [0.15, 0.2) is 0 Å². The molecule has 0 atom stereocenters. The van der Waals surface area contributed by atoms with E-state index in [4.69, 9.17) is 4.74 Å². The Hall–Kier alpha value is -3.41. The van der Waals surface area contributed by atoms with Gasteiger partial charge in [0.2, 0.25) is 5.95 Å². The zero-order valence-corrected chi connectivity index (χ0v) is 15.4. The molecule has 0 fully saturated rings. The van der Waals surface area contributed by atoms with Gasteiger partial charge in [-0.25, -0.2) is 9.78 Å². The van der Waals surface area contributed by atoms with Crippen LogP contribution in [0, 0.1) is 0 Å². The molecule has 0 aliphatic rings. The molecule has 6 heteroatoms. The predicted octanol–water partition coefficient (Wildman–Crippen LogP) is 4.03. The number of nitrogens with zero attached hydrogens (tertiary/aromatic N) is 3. The molecular weight excluding hydrogens is 340 g/mol. The number of esters is 1. The van der Waals surface area contributed by atoms with Crippen LogP contribution in [-0.4, -0.2) is 29.6 Å². The van der Waals surface area contributed by atoms with E-state index >= 15 is 0 Å². The Bertz CT molecular complexity index is 882. The molecule has 27 heavy (non-hydrogen) atoms. The van der Waals surface area contributed by atoms with Crippen molar-refractivity contribution in [2.75, 3.05) is 23.9 Å². The number of carbonyl (C=O) groups is 1. The number of benzene rings is 2. The fourth-order valence-corrected chi connectivity index (χ4v) is 2.65. The number of rotatable bonds is 7. The quantitative estimate of drug-likeness (QED) is 0.640. The number of hydrogen-bond acceptors (Lipinski definition) is 6. The molecule has 0 amide bonds. The topological polar surface area (TPSA) is 67.4 Å². The van der Waals surface area contributed by atoms with Crippen LogP contribution in [0.15, 0.2) is 66.9 Å². The summed E-state index contributed by atoms with van der Waals surface area (Å²) in [5, 5.41) is 3.24. The lowest BCUT2D eigenvalue weighted by molar-refractivity contribution is 0.0601. The Morgan fingerprint density at radius 1 is 1.07 bits per heavy atom. The van der Waals surface area contributed by atoms with Crippen molar-refractivity contribution >= 4 is 23.4 Å². The van der Waals surface area contributed by atoms with Gasteiger partial charge in [0, 0.05) is 25.0 Å². The fourth-order valence-electron chi connectivity index (χ4n) is 2.65. The van der Waals surface area contributed by atoms with Crippen LogP contribution in [0.4, 0.5) is 17.5 Å². The number of hydrogen-bond donors (Lipinski definition) is 1. The van der Waals surface area contributed by atoms with Crippen molar-refractivity contribution in [3.05, 3.63) is 78.0 Å². The molecule has 0 aliphatic carbocycles. The highest BCUT2D eigenvalue weighted by molar-refractivity contribution is 5.89. The summed E-state index contributed by atoms with van der Waals surface area (Å²) >= 11 is 0. The van der Waals surface area contributed by atoms with E-state index in [1.807, 2.05) is 36.4 Å². The van der Waals surface area contributed by atoms with E-state index in [0.29, 0.717) is 17.3 Å². The SMILES string of the molecule is CCN(Cc1ccccc1)c1nccc(Nc2ccc(C(=O)OC)cc2)n1. The van der Waals surface area contributed by atoms with Gasteiger partial charge in [0.05, 0.1) is 12.7 Å². The Labute approximate surface area is 158 Å². The van der Waals surface area contributed by atoms with Gasteiger partial charge in [0.25, 0.3) is 0 Å². The molecule has 3 aromatic rings. The minimum absolute atomic E-state index is 0.356. The molecule has 0 unspecified atom stereocenters. The van der Waals surface area contributed by atoms with Gasteiger partial charge in [-0.1, -0.05) is 30.3 Å². The Kier molecular flexibility index (Phi) is 5.99. The molecule has 3 rings (SSSR count). The first-order valence-corrected chi connectivity index (χ1v) is 8.77. The third-order valence-electron chi connectivity index (χ3n) is 4.10. The number of ether oxygens (including phenoxy) is 1. The highest BCUT2D eigenvalue weighted by Gasteiger charge is 2.10. The van der Waals surface area contributed by atoms with Crippen molar-refractivity contribution in [1.29, 1.82) is 0 Å². The molecule has 6 nitrogen and oxygen atoms in total. The average Bonchev–Trinajstić information content (AvgIpc) is 2.73. The molecule has 0 radical (unpaired) electrons. The zero-order chi connectivity index (χ0) is 19.1. The van der Waals surface area contributed by atoms with Gasteiger partial charge in [-0.15, -0.1) is 0 Å². The summed E-state index contributed by atoms with van der Waals surface area (Å²) in [5.74, 6) is 1.00. The molecule has 0 saturated carbocycles. The zero-order valence-electron chi connectivity index (χ0n) is 15.4. The van der Waals surface area contributed by atoms with Gasteiger partial charge in [-0.05, 0) is 42.8 Å². The highest BCUT2D eigenvalue weighted by atomic mass is 16.5. The second-order valence-electron chi connectivity index (χ2n) is 5.94. The third-order valence-corrected chi connectivity index (χ3v) is 4.10. The molecule has 1 aromatic heterocycles. The highest BCUT2D eigenvalue weighted by Crippen LogP contribution is 2.19. The second kappa shape index (κ2) is 8.80. The fraction of sp³-hybridized carbons (Fsp3) is 0.190. The summed E-state index contributed by atoms with van der Waals surface area (Å²) in [4.78, 5) is 22.7. The molecule has 0 spiro atoms. The molecule has 0 saturated heterocycles. The molecule has 1 N–H and O–H groups in total. The van der Waals surface area contributed by atoms with Crippen LogP contribution < -0.4 is 10.2 Å². The van der Waals surface area contributed by atoms with E-state index < -0.39 is 0 Å². The van der Waals surface area contributed by atoms with Crippen molar-refractivity contribution < 1.29 is 9.53 Å². The molecule has 2 aromatic carbocycles. The molecule has 1 heterocycles. The van der Waals surface area contributed by atoms with Gasteiger partial charge < -0.3 is 15.0 Å². The van der Waals surface area contributed by atoms with E-state index in [2.05, 4.69) is 39.2 Å². The van der Waals surface area contributed by atoms with Crippen LogP contribution in [0.5, 0.6) is 0 Å². The number of carbonyl (C=O) groups excluding carboxylic acids is 1. The number of methoxy groups -OCH3 is 1. The van der Waals surface area contributed by atoms with E-state index in [1.54, 1.807) is 18.3 Å². The summed E-state index contributed by atoms with van der Waals surface area (Å²) < 4.78 is 4.71. The van der Waals surface area contributed by atoms with Gasteiger partial charge >= 0.3 is 5.97 Å². The van der Waals surface area contributed by atoms with E-state index in [-0.39, 0.29) is 5.97 Å². The predicted molar refractivity (Wildman–Crippen MR) is 106 cm³/mol. The van der Waals surface area contributed by atoms with E-state index in [1.165, 1.54) is 12.7 Å². The lowest BCUT2D eigenvalue weighted by Gasteiger charge is -2.21. The maximum atomic E-state index is 11.5. The van der Waals surface area contributed by atoms with Gasteiger partial charge in [0.1, 0.15) is 5.82 Å². The minimum Gasteiger partial charge on any atom is -0.465 e.